The third kappa shape index (κ3) is 7.04. The second-order valence-corrected chi connectivity index (χ2v) is 12.8. The van der Waals surface area contributed by atoms with Crippen molar-refractivity contribution in [2.45, 2.75) is 55.3 Å². The maximum atomic E-state index is 12.4. The van der Waals surface area contributed by atoms with Crippen molar-refractivity contribution < 1.29 is 71.8 Å². The molecule has 0 bridgehead atoms. The molecule has 11 atom stereocenters. The zero-order valence-corrected chi connectivity index (χ0v) is 23.8. The number of fused-ring (bicyclic) bond motifs is 1. The van der Waals surface area contributed by atoms with E-state index in [0.717, 1.165) is 0 Å². The summed E-state index contributed by atoms with van der Waals surface area (Å²) < 4.78 is 51.0. The molecule has 2 saturated heterocycles. The van der Waals surface area contributed by atoms with Gasteiger partial charge in [-0.3, -0.25) is 9.05 Å². The third-order valence-corrected chi connectivity index (χ3v) is 9.48. The zero-order valence-electron chi connectivity index (χ0n) is 22.0. The Hall–Kier alpha value is -2.23. The number of aromatic nitrogens is 3. The summed E-state index contributed by atoms with van der Waals surface area (Å²) in [5, 5.41) is 54.2. The van der Waals surface area contributed by atoms with Crippen molar-refractivity contribution in [3.63, 3.8) is 0 Å². The van der Waals surface area contributed by atoms with E-state index < -0.39 is 84.2 Å². The predicted molar refractivity (Wildman–Crippen MR) is 138 cm³/mol. The van der Waals surface area contributed by atoms with Crippen LogP contribution >= 0.6 is 15.6 Å². The maximum Gasteiger partial charge on any atom is 0.481 e. The van der Waals surface area contributed by atoms with Gasteiger partial charge in [-0.2, -0.15) is 8.88 Å². The number of aliphatic hydroxyl groups excluding tert-OH is 5. The second-order valence-electron chi connectivity index (χ2n) is 9.80. The lowest BCUT2D eigenvalue weighted by Gasteiger charge is -2.26. The van der Waals surface area contributed by atoms with Crippen LogP contribution in [0, 0.1) is 0 Å². The van der Waals surface area contributed by atoms with Gasteiger partial charge in [0, 0.05) is 6.07 Å². The van der Waals surface area contributed by atoms with Gasteiger partial charge in [0.15, 0.2) is 30.5 Å². The molecule has 43 heavy (non-hydrogen) atoms. The molecule has 3 aliphatic heterocycles. The molecular weight excluding hydrogens is 622 g/mol. The van der Waals surface area contributed by atoms with Gasteiger partial charge in [-0.05, 0) is 6.07 Å². The van der Waals surface area contributed by atoms with Gasteiger partial charge in [-0.15, -0.1) is 0 Å². The first-order valence-electron chi connectivity index (χ1n) is 12.7. The molecule has 3 aliphatic rings. The Labute approximate surface area is 243 Å². The van der Waals surface area contributed by atoms with Crippen molar-refractivity contribution in [2.75, 3.05) is 30.1 Å². The van der Waals surface area contributed by atoms with Crippen LogP contribution in [0.1, 0.15) is 18.0 Å². The molecule has 0 amide bonds. The summed E-state index contributed by atoms with van der Waals surface area (Å²) in [7, 11) is -10.7. The molecule has 0 aliphatic carbocycles. The first-order chi connectivity index (χ1) is 20.3. The minimum atomic E-state index is -5.33. The molecule has 22 heteroatoms. The van der Waals surface area contributed by atoms with Crippen molar-refractivity contribution in [1.29, 1.82) is 0 Å². The van der Waals surface area contributed by atoms with Gasteiger partial charge in [0.1, 0.15) is 43.1 Å². The van der Waals surface area contributed by atoms with Gasteiger partial charge in [0.25, 0.3) is 6.23 Å². The Morgan fingerprint density at radius 2 is 1.72 bits per heavy atom. The lowest BCUT2D eigenvalue weighted by atomic mass is 10.1. The van der Waals surface area contributed by atoms with Gasteiger partial charge in [0.2, 0.25) is 0 Å². The van der Waals surface area contributed by atoms with Crippen LogP contribution in [0.15, 0.2) is 37.1 Å². The Morgan fingerprint density at radius 1 is 1.07 bits per heavy atom. The molecule has 2 aromatic heterocycles. The zero-order chi connectivity index (χ0) is 31.1. The van der Waals surface area contributed by atoms with Crippen LogP contribution in [-0.4, -0.2) is 108 Å². The third-order valence-electron chi connectivity index (χ3n) is 6.88. The Kier molecular flexibility index (Phi) is 9.46. The van der Waals surface area contributed by atoms with E-state index in [1.165, 1.54) is 46.5 Å². The van der Waals surface area contributed by atoms with E-state index in [1.807, 2.05) is 0 Å². The fourth-order valence-electron chi connectivity index (χ4n) is 4.73. The molecular formula is C21H31N6O14P2+. The van der Waals surface area contributed by atoms with Crippen molar-refractivity contribution >= 4 is 27.2 Å². The minimum absolute atomic E-state index is 0.155. The van der Waals surface area contributed by atoms with Crippen molar-refractivity contribution in [3.8, 4) is 0 Å². The number of phosphoric acid groups is 2. The molecule has 0 saturated carbocycles. The Morgan fingerprint density at radius 3 is 2.40 bits per heavy atom. The summed E-state index contributed by atoms with van der Waals surface area (Å²) in [4.78, 5) is 29.5. The summed E-state index contributed by atoms with van der Waals surface area (Å²) in [5.74, 6) is 0.388. The van der Waals surface area contributed by atoms with Crippen LogP contribution in [0.3, 0.4) is 0 Å². The molecule has 10 N–H and O–H groups in total. The average molecular weight is 653 g/mol. The molecule has 238 valence electrons. The highest BCUT2D eigenvalue weighted by atomic mass is 31.3. The Balaban J connectivity index is 1.13. The summed E-state index contributed by atoms with van der Waals surface area (Å²) >= 11 is 0. The number of aliphatic hydroxyl groups is 5. The standard InChI is InChI=1S/C21H30N6O14P2/c22-18(32)10-2-1-3-26(5-10)20-16(30)14(28)12(39-20)6-37-42(33,34)41-43(35,36)38-7-13-15(29)17(31)21(40-13)27-9-25-11-4-23-8-24-19(11)27/h1-5,8,12-18,20-21,25,28-32H,6-7,9,22H2,(H-,33,34,35,36)/p+1/t12?,13-,14-,15-,16-,17-,18?,20-,21-/m1/s1. The smallest absolute Gasteiger partial charge is 0.387 e. The predicted octanol–water partition coefficient (Wildman–Crippen LogP) is -3.08. The van der Waals surface area contributed by atoms with E-state index in [1.54, 1.807) is 0 Å². The van der Waals surface area contributed by atoms with E-state index in [-0.39, 0.29) is 12.2 Å². The number of nitrogens with zero attached hydrogens (tertiary/aromatic N) is 4. The number of pyridine rings is 1. The Bertz CT molecular complexity index is 1390. The van der Waals surface area contributed by atoms with Gasteiger partial charge in [0.05, 0.1) is 37.3 Å². The van der Waals surface area contributed by atoms with E-state index in [4.69, 9.17) is 24.3 Å². The number of nitrogens with two attached hydrogens (primary N) is 1. The highest BCUT2D eigenvalue weighted by Gasteiger charge is 2.51. The molecule has 5 heterocycles. The molecule has 4 unspecified atom stereocenters. The van der Waals surface area contributed by atoms with E-state index >= 15 is 0 Å². The number of ether oxygens (including phenoxy) is 2. The molecule has 0 aromatic carbocycles. The topological polar surface area (TPSA) is 293 Å². The molecule has 20 nitrogen and oxygen atoms in total. The second kappa shape index (κ2) is 12.6. The van der Waals surface area contributed by atoms with E-state index in [9.17, 15) is 44.4 Å². The van der Waals surface area contributed by atoms with E-state index in [0.29, 0.717) is 11.5 Å². The first-order valence-corrected chi connectivity index (χ1v) is 15.7. The van der Waals surface area contributed by atoms with Gasteiger partial charge in [-0.1, -0.05) is 0 Å². The number of hydrogen-bond acceptors (Lipinski definition) is 17. The molecule has 0 radical (unpaired) electrons. The lowest BCUT2D eigenvalue weighted by molar-refractivity contribution is -0.766. The lowest BCUT2D eigenvalue weighted by Crippen LogP contribution is -2.46. The van der Waals surface area contributed by atoms with Crippen molar-refractivity contribution in [3.05, 3.63) is 42.6 Å². The number of phosphoric ester groups is 2. The molecule has 0 spiro atoms. The van der Waals surface area contributed by atoms with Crippen LogP contribution in [0.2, 0.25) is 0 Å². The van der Waals surface area contributed by atoms with Gasteiger partial charge < -0.3 is 60.7 Å². The minimum Gasteiger partial charge on any atom is -0.387 e. The summed E-state index contributed by atoms with van der Waals surface area (Å²) in [6, 6.07) is 3.01. The van der Waals surface area contributed by atoms with Crippen LogP contribution in [0.25, 0.3) is 0 Å². The SMILES string of the molecule is NC(O)c1ccc[n+]([C@@H]2OC(COP(=O)(O)OP(=O)(O)OC[C@H]3O[C@@H](N4CNc5cncnc54)[C@H](O)[C@@H]3O)[C@@H](O)[C@H]2O)c1. The molecule has 2 fully saturated rings. The van der Waals surface area contributed by atoms with Crippen molar-refractivity contribution in [1.82, 2.24) is 9.97 Å². The van der Waals surface area contributed by atoms with Crippen molar-refractivity contribution in [2.24, 2.45) is 5.73 Å². The number of nitrogens with one attached hydrogen (secondary N) is 1. The van der Waals surface area contributed by atoms with Crippen LogP contribution in [0.4, 0.5) is 11.5 Å². The van der Waals surface area contributed by atoms with Crippen LogP contribution in [0.5, 0.6) is 0 Å². The number of rotatable bonds is 11. The maximum absolute atomic E-state index is 12.4. The summed E-state index contributed by atoms with van der Waals surface area (Å²) in [6.07, 6.45) is -7.04. The van der Waals surface area contributed by atoms with Crippen LogP contribution in [-0.2, 0) is 32.0 Å². The van der Waals surface area contributed by atoms with E-state index in [2.05, 4.69) is 19.6 Å². The van der Waals surface area contributed by atoms with Crippen LogP contribution < -0.4 is 20.5 Å². The highest BCUT2D eigenvalue weighted by Crippen LogP contribution is 2.60. The number of anilines is 2. The highest BCUT2D eigenvalue weighted by molar-refractivity contribution is 7.61. The fourth-order valence-corrected chi connectivity index (χ4v) is 6.82. The summed E-state index contributed by atoms with van der Waals surface area (Å²) in [5.41, 5.74) is 6.26. The first kappa shape index (κ1) is 32.2. The van der Waals surface area contributed by atoms with Gasteiger partial charge >= 0.3 is 15.6 Å². The monoisotopic (exact) mass is 653 g/mol. The van der Waals surface area contributed by atoms with Gasteiger partial charge in [-0.25, -0.2) is 19.1 Å². The largest absolute Gasteiger partial charge is 0.481 e. The molecule has 2 aromatic rings. The fraction of sp³-hybridized carbons (Fsp3) is 0.571. The summed E-state index contributed by atoms with van der Waals surface area (Å²) in [6.45, 7) is -1.55. The number of hydrogen-bond donors (Lipinski definition) is 9. The quantitative estimate of drug-likeness (QED) is 0.0660. The average Bonchev–Trinajstić information content (AvgIpc) is 3.60. The normalized spacial score (nSPS) is 33.9. The molecule has 5 rings (SSSR count).